The molecule has 186 valence electrons. The lowest BCUT2D eigenvalue weighted by Gasteiger charge is -2.17. The van der Waals surface area contributed by atoms with Gasteiger partial charge in [-0.3, -0.25) is 14.3 Å². The predicted molar refractivity (Wildman–Crippen MR) is 130 cm³/mol. The molecule has 5 rings (SSSR count). The Morgan fingerprint density at radius 1 is 1.22 bits per heavy atom. The number of anilines is 1. The van der Waals surface area contributed by atoms with Crippen molar-refractivity contribution in [2.45, 2.75) is 31.1 Å². The van der Waals surface area contributed by atoms with Gasteiger partial charge in [-0.25, -0.2) is 19.9 Å². The van der Waals surface area contributed by atoms with Gasteiger partial charge < -0.3 is 25.6 Å². The van der Waals surface area contributed by atoms with Crippen LogP contribution in [-0.2, 0) is 16.1 Å². The molecule has 4 atom stereocenters. The standard InChI is InChI=1S/C22H20Cl2N8O4/c1-25-21(35)17-15(33)16(34)22(36-17)32-9-28-14-19(27-8-12-3-2-4-13(24)29-12)30-18(31-20(14)32)10-5-11(23)7-26-6-10/h2-7,9,15-17,22,33-34H,8H2,1H3,(H,25,35)(H,27,30,31)/t15-,16+,17-,22+/m0/s1/i1D3. The number of rotatable bonds is 6. The van der Waals surface area contributed by atoms with Gasteiger partial charge in [-0.15, -0.1) is 0 Å². The fourth-order valence-corrected chi connectivity index (χ4v) is 4.14. The predicted octanol–water partition coefficient (Wildman–Crippen LogP) is 1.57. The van der Waals surface area contributed by atoms with Crippen LogP contribution in [0.1, 0.15) is 16.0 Å². The second-order valence-corrected chi connectivity index (χ2v) is 8.66. The lowest BCUT2D eigenvalue weighted by molar-refractivity contribution is -0.137. The zero-order valence-corrected chi connectivity index (χ0v) is 19.7. The molecule has 1 amide bonds. The molecule has 0 unspecified atom stereocenters. The molecule has 0 aromatic carbocycles. The van der Waals surface area contributed by atoms with Crippen LogP contribution in [0.4, 0.5) is 5.82 Å². The quantitative estimate of drug-likeness (QED) is 0.267. The summed E-state index contributed by atoms with van der Waals surface area (Å²) in [6.07, 6.45) is -2.07. The second-order valence-electron chi connectivity index (χ2n) is 7.83. The average molecular weight is 534 g/mol. The first-order chi connectivity index (χ1) is 18.5. The third-order valence-electron chi connectivity index (χ3n) is 5.49. The Balaban J connectivity index is 1.54. The van der Waals surface area contributed by atoms with Crippen molar-refractivity contribution < 1.29 is 23.9 Å². The number of pyridine rings is 2. The highest BCUT2D eigenvalue weighted by molar-refractivity contribution is 6.30. The molecule has 0 aliphatic carbocycles. The Hall–Kier alpha value is -3.42. The minimum absolute atomic E-state index is 0.176. The van der Waals surface area contributed by atoms with E-state index >= 15 is 0 Å². The number of amides is 1. The van der Waals surface area contributed by atoms with Gasteiger partial charge in [0.2, 0.25) is 0 Å². The van der Waals surface area contributed by atoms with Gasteiger partial charge in [0.25, 0.3) is 5.91 Å². The molecule has 0 saturated carbocycles. The molecule has 4 aromatic rings. The molecule has 36 heavy (non-hydrogen) atoms. The number of nitrogens with zero attached hydrogens (tertiary/aromatic N) is 6. The first-order valence-corrected chi connectivity index (χ1v) is 11.3. The first kappa shape index (κ1) is 20.7. The number of hydrogen-bond donors (Lipinski definition) is 4. The minimum atomic E-state index is -2.81. The molecule has 5 heterocycles. The number of fused-ring (bicyclic) bond motifs is 1. The Kier molecular flexibility index (Phi) is 5.71. The molecule has 0 bridgehead atoms. The number of imidazole rings is 1. The van der Waals surface area contributed by atoms with Gasteiger partial charge in [-0.1, -0.05) is 29.3 Å². The van der Waals surface area contributed by atoms with E-state index in [0.29, 0.717) is 27.3 Å². The van der Waals surface area contributed by atoms with E-state index in [9.17, 15) is 15.0 Å². The van der Waals surface area contributed by atoms with Gasteiger partial charge in [-0.2, -0.15) is 0 Å². The van der Waals surface area contributed by atoms with Gasteiger partial charge in [0.05, 0.1) is 23.6 Å². The van der Waals surface area contributed by atoms with E-state index in [0.717, 1.165) is 0 Å². The maximum absolute atomic E-state index is 12.4. The second kappa shape index (κ2) is 9.91. The van der Waals surface area contributed by atoms with Crippen molar-refractivity contribution >= 4 is 46.1 Å². The summed E-state index contributed by atoms with van der Waals surface area (Å²) in [5, 5.41) is 26.8. The van der Waals surface area contributed by atoms with Crippen molar-refractivity contribution in [1.29, 1.82) is 0 Å². The fraction of sp³-hybridized carbons (Fsp3) is 0.273. The number of aromatic nitrogens is 6. The summed E-state index contributed by atoms with van der Waals surface area (Å²) < 4.78 is 28.6. The molecular formula is C22H20Cl2N8O4. The van der Waals surface area contributed by atoms with Crippen molar-refractivity contribution in [2.24, 2.45) is 0 Å². The smallest absolute Gasteiger partial charge is 0.251 e. The van der Waals surface area contributed by atoms with Crippen LogP contribution < -0.4 is 10.6 Å². The summed E-state index contributed by atoms with van der Waals surface area (Å²) in [6.45, 7) is -2.58. The number of carbonyl (C=O) groups excluding carboxylic acids is 1. The molecule has 0 spiro atoms. The van der Waals surface area contributed by atoms with Crippen molar-refractivity contribution in [3.8, 4) is 11.4 Å². The molecule has 1 saturated heterocycles. The number of aliphatic hydroxyl groups is 2. The molecule has 0 radical (unpaired) electrons. The van der Waals surface area contributed by atoms with Gasteiger partial charge in [0, 0.05) is 29.0 Å². The van der Waals surface area contributed by atoms with Gasteiger partial charge >= 0.3 is 0 Å². The van der Waals surface area contributed by atoms with Crippen LogP contribution in [0.2, 0.25) is 10.2 Å². The summed E-state index contributed by atoms with van der Waals surface area (Å²) in [5.41, 5.74) is 1.55. The maximum atomic E-state index is 12.4. The van der Waals surface area contributed by atoms with E-state index in [4.69, 9.17) is 32.1 Å². The van der Waals surface area contributed by atoms with Crippen LogP contribution in [0, 0.1) is 0 Å². The van der Waals surface area contributed by atoms with E-state index < -0.39 is 37.4 Å². The van der Waals surface area contributed by atoms with E-state index in [1.54, 1.807) is 29.6 Å². The average Bonchev–Trinajstić information content (AvgIpc) is 3.42. The monoisotopic (exact) mass is 533 g/mol. The topological polar surface area (TPSA) is 160 Å². The van der Waals surface area contributed by atoms with Crippen molar-refractivity contribution in [1.82, 2.24) is 34.8 Å². The fourth-order valence-electron chi connectivity index (χ4n) is 3.79. The van der Waals surface area contributed by atoms with E-state index in [-0.39, 0.29) is 23.5 Å². The molecule has 14 heteroatoms. The number of aliphatic hydroxyl groups excluding tert-OH is 2. The van der Waals surface area contributed by atoms with Crippen LogP contribution in [-0.4, -0.2) is 70.9 Å². The Labute approximate surface area is 218 Å². The number of nitrogens with one attached hydrogen (secondary N) is 2. The number of hydrogen-bond acceptors (Lipinski definition) is 10. The zero-order valence-electron chi connectivity index (χ0n) is 21.2. The summed E-state index contributed by atoms with van der Waals surface area (Å²) in [4.78, 5) is 34.2. The SMILES string of the molecule is [2H]C([2H])([2H])NC(=O)[C@H]1O[C@@H](n2cnc3c(NCc4cccc(Cl)n4)nc(-c4cncc(Cl)c4)nc32)[C@H](O)[C@@H]1O. The largest absolute Gasteiger partial charge is 0.387 e. The highest BCUT2D eigenvalue weighted by Crippen LogP contribution is 2.33. The first-order valence-electron chi connectivity index (χ1n) is 12.0. The summed E-state index contributed by atoms with van der Waals surface area (Å²) in [5.74, 6) is -0.615. The summed E-state index contributed by atoms with van der Waals surface area (Å²) >= 11 is 12.1. The Bertz CT molecular complexity index is 1540. The molecule has 4 N–H and O–H groups in total. The molecule has 1 aliphatic heterocycles. The molecule has 1 aliphatic rings. The van der Waals surface area contributed by atoms with Crippen LogP contribution in [0.15, 0.2) is 43.0 Å². The maximum Gasteiger partial charge on any atom is 0.251 e. The molecule has 4 aromatic heterocycles. The van der Waals surface area contributed by atoms with Gasteiger partial charge in [0.15, 0.2) is 35.1 Å². The van der Waals surface area contributed by atoms with Crippen molar-refractivity contribution in [2.75, 3.05) is 12.3 Å². The summed E-state index contributed by atoms with van der Waals surface area (Å²) in [7, 11) is 0. The normalized spacial score (nSPS) is 23.2. The highest BCUT2D eigenvalue weighted by Gasteiger charge is 2.47. The van der Waals surface area contributed by atoms with E-state index in [1.165, 1.54) is 23.3 Å². The third-order valence-corrected chi connectivity index (χ3v) is 5.91. The molecule has 1 fully saturated rings. The van der Waals surface area contributed by atoms with E-state index in [2.05, 4.69) is 30.2 Å². The highest BCUT2D eigenvalue weighted by atomic mass is 35.5. The number of ether oxygens (including phenoxy) is 1. The zero-order chi connectivity index (χ0) is 27.9. The Morgan fingerprint density at radius 2 is 2.08 bits per heavy atom. The van der Waals surface area contributed by atoms with Crippen LogP contribution in [0.5, 0.6) is 0 Å². The van der Waals surface area contributed by atoms with E-state index in [1.807, 2.05) is 0 Å². The van der Waals surface area contributed by atoms with Crippen LogP contribution >= 0.6 is 23.2 Å². The number of likely N-dealkylation sites (N-methyl/N-ethyl adjacent to an activating group) is 1. The lowest BCUT2D eigenvalue weighted by atomic mass is 10.1. The number of carbonyl (C=O) groups is 1. The van der Waals surface area contributed by atoms with Crippen LogP contribution in [0.25, 0.3) is 22.6 Å². The number of halogens is 2. The van der Waals surface area contributed by atoms with Gasteiger partial charge in [-0.05, 0) is 18.2 Å². The van der Waals surface area contributed by atoms with Gasteiger partial charge in [0.1, 0.15) is 17.4 Å². The molecular weight excluding hydrogens is 511 g/mol. The van der Waals surface area contributed by atoms with Crippen molar-refractivity contribution in [3.05, 3.63) is 58.9 Å². The van der Waals surface area contributed by atoms with Crippen LogP contribution in [0.3, 0.4) is 0 Å². The third kappa shape index (κ3) is 4.56. The van der Waals surface area contributed by atoms with Crippen molar-refractivity contribution in [3.63, 3.8) is 0 Å². The Morgan fingerprint density at radius 3 is 2.86 bits per heavy atom. The minimum Gasteiger partial charge on any atom is -0.387 e. The molecule has 12 nitrogen and oxygen atoms in total. The summed E-state index contributed by atoms with van der Waals surface area (Å²) in [6, 6.07) is 6.78. The lowest BCUT2D eigenvalue weighted by Crippen LogP contribution is -2.41.